The van der Waals surface area contributed by atoms with Crippen LogP contribution in [0, 0.1) is 11.3 Å². The lowest BCUT2D eigenvalue weighted by Crippen LogP contribution is -2.29. The predicted octanol–water partition coefficient (Wildman–Crippen LogP) is 5.18. The fraction of sp³-hybridized carbons (Fsp3) is 0.417. The average molecular weight is 431 g/mol. The summed E-state index contributed by atoms with van der Waals surface area (Å²) in [5, 5.41) is 19.9. The monoisotopic (exact) mass is 430 g/mol. The summed E-state index contributed by atoms with van der Waals surface area (Å²) >= 11 is 1.67. The molecule has 4 heterocycles. The van der Waals surface area contributed by atoms with E-state index < -0.39 is 0 Å². The number of aromatic nitrogens is 4. The first kappa shape index (κ1) is 20.0. The van der Waals surface area contributed by atoms with Crippen LogP contribution < -0.4 is 4.90 Å². The van der Waals surface area contributed by atoms with E-state index in [1.165, 1.54) is 25.7 Å². The highest BCUT2D eigenvalue weighted by molar-refractivity contribution is 7.17. The molecule has 0 spiro atoms. The number of nitriles is 1. The Bertz CT molecular complexity index is 1110. The van der Waals surface area contributed by atoms with Gasteiger partial charge in [-0.15, -0.1) is 10.2 Å². The minimum absolute atomic E-state index is 0.562. The first-order valence-corrected chi connectivity index (χ1v) is 12.0. The molecular formula is C24H26N6S. The number of fused-ring (bicyclic) bond motifs is 1. The highest BCUT2D eigenvalue weighted by atomic mass is 32.1. The molecular weight excluding hydrogens is 404 g/mol. The second-order valence-electron chi connectivity index (χ2n) is 8.19. The fourth-order valence-electron chi connectivity index (χ4n) is 4.40. The molecule has 158 valence electrons. The minimum Gasteiger partial charge on any atom is -0.348 e. The van der Waals surface area contributed by atoms with Gasteiger partial charge in [-0.2, -0.15) is 5.26 Å². The number of hydrogen-bond acceptors (Lipinski definition) is 6. The van der Waals surface area contributed by atoms with Crippen molar-refractivity contribution in [3.05, 3.63) is 46.9 Å². The molecule has 2 aromatic heterocycles. The number of hydrogen-bond donors (Lipinski definition) is 0. The Morgan fingerprint density at radius 3 is 2.55 bits per heavy atom. The van der Waals surface area contributed by atoms with Crippen molar-refractivity contribution in [2.75, 3.05) is 18.0 Å². The van der Waals surface area contributed by atoms with Gasteiger partial charge >= 0.3 is 0 Å². The van der Waals surface area contributed by atoms with Gasteiger partial charge in [0.05, 0.1) is 16.1 Å². The molecule has 31 heavy (non-hydrogen) atoms. The molecule has 0 saturated carbocycles. The second-order valence-corrected chi connectivity index (χ2v) is 9.20. The lowest BCUT2D eigenvalue weighted by atomic mass is 10.1. The van der Waals surface area contributed by atoms with Crippen LogP contribution in [0.3, 0.4) is 0 Å². The van der Waals surface area contributed by atoms with Gasteiger partial charge in [0, 0.05) is 31.6 Å². The molecule has 0 bridgehead atoms. The Hall–Kier alpha value is -2.98. The Labute approximate surface area is 186 Å². The molecule has 1 aromatic carbocycles. The molecule has 2 aliphatic heterocycles. The zero-order chi connectivity index (χ0) is 21.0. The summed E-state index contributed by atoms with van der Waals surface area (Å²) < 4.78 is 2.14. The van der Waals surface area contributed by atoms with E-state index in [1.54, 1.807) is 11.3 Å². The number of allylic oxidation sites excluding steroid dienone is 1. The Morgan fingerprint density at radius 2 is 1.74 bits per heavy atom. The summed E-state index contributed by atoms with van der Waals surface area (Å²) in [5.41, 5.74) is 2.58. The number of piperidine rings is 1. The highest BCUT2D eigenvalue weighted by Gasteiger charge is 2.21. The molecule has 0 atom stereocenters. The smallest absolute Gasteiger partial charge is 0.186 e. The van der Waals surface area contributed by atoms with Crippen LogP contribution >= 0.6 is 11.3 Å². The van der Waals surface area contributed by atoms with Gasteiger partial charge in [-0.1, -0.05) is 48.1 Å². The molecule has 0 unspecified atom stereocenters. The molecule has 5 rings (SSSR count). The second kappa shape index (κ2) is 9.03. The minimum atomic E-state index is 0.562. The fourth-order valence-corrected chi connectivity index (χ4v) is 5.49. The molecule has 0 aliphatic carbocycles. The third kappa shape index (κ3) is 4.13. The maximum atomic E-state index is 10.0. The van der Waals surface area contributed by atoms with Gasteiger partial charge < -0.3 is 9.47 Å². The van der Waals surface area contributed by atoms with E-state index in [4.69, 9.17) is 4.98 Å². The highest BCUT2D eigenvalue weighted by Crippen LogP contribution is 2.36. The van der Waals surface area contributed by atoms with E-state index in [9.17, 15) is 5.26 Å². The molecule has 0 radical (unpaired) electrons. The number of benzene rings is 1. The number of rotatable bonds is 4. The quantitative estimate of drug-likeness (QED) is 0.533. The zero-order valence-corrected chi connectivity index (χ0v) is 18.4. The first-order chi connectivity index (χ1) is 15.3. The van der Waals surface area contributed by atoms with E-state index in [0.29, 0.717) is 11.4 Å². The normalized spacial score (nSPS) is 17.1. The van der Waals surface area contributed by atoms with Crippen molar-refractivity contribution in [2.45, 2.75) is 51.5 Å². The van der Waals surface area contributed by atoms with E-state index in [2.05, 4.69) is 37.9 Å². The van der Waals surface area contributed by atoms with Gasteiger partial charge in [-0.3, -0.25) is 0 Å². The predicted molar refractivity (Wildman–Crippen MR) is 125 cm³/mol. The van der Waals surface area contributed by atoms with E-state index in [1.807, 2.05) is 24.3 Å². The van der Waals surface area contributed by atoms with Crippen LogP contribution in [0.5, 0.6) is 0 Å². The van der Waals surface area contributed by atoms with Crippen molar-refractivity contribution in [1.29, 1.82) is 5.26 Å². The van der Waals surface area contributed by atoms with E-state index >= 15 is 0 Å². The summed E-state index contributed by atoms with van der Waals surface area (Å²) in [6, 6.07) is 12.6. The van der Waals surface area contributed by atoms with Crippen LogP contribution in [0.2, 0.25) is 0 Å². The van der Waals surface area contributed by atoms with Crippen molar-refractivity contribution in [3.63, 3.8) is 0 Å². The van der Waals surface area contributed by atoms with Gasteiger partial charge in [0.15, 0.2) is 11.0 Å². The van der Waals surface area contributed by atoms with Crippen molar-refractivity contribution in [3.8, 4) is 17.3 Å². The van der Waals surface area contributed by atoms with Crippen molar-refractivity contribution in [1.82, 2.24) is 19.7 Å². The molecule has 3 aromatic rings. The maximum Gasteiger partial charge on any atom is 0.186 e. The number of anilines is 1. The molecule has 0 N–H and O–H groups in total. The van der Waals surface area contributed by atoms with Gasteiger partial charge in [0.2, 0.25) is 0 Å². The van der Waals surface area contributed by atoms with Gasteiger partial charge in [-0.05, 0) is 38.2 Å². The summed E-state index contributed by atoms with van der Waals surface area (Å²) in [5.74, 6) is 1.68. The Kier molecular flexibility index (Phi) is 5.81. The molecule has 1 saturated heterocycles. The molecule has 6 nitrogen and oxygen atoms in total. The van der Waals surface area contributed by atoms with Crippen LogP contribution in [0.4, 0.5) is 5.13 Å². The summed E-state index contributed by atoms with van der Waals surface area (Å²) in [7, 11) is 0. The largest absolute Gasteiger partial charge is 0.348 e. The summed E-state index contributed by atoms with van der Waals surface area (Å²) in [6.45, 7) is 2.98. The van der Waals surface area contributed by atoms with Crippen molar-refractivity contribution in [2.24, 2.45) is 0 Å². The lowest BCUT2D eigenvalue weighted by molar-refractivity contribution is 0.577. The third-order valence-electron chi connectivity index (χ3n) is 6.06. The van der Waals surface area contributed by atoms with Crippen LogP contribution in [0.15, 0.2) is 30.3 Å². The molecule has 7 heteroatoms. The Balaban J connectivity index is 1.58. The number of aryl methyl sites for hydroxylation is 1. The van der Waals surface area contributed by atoms with Gasteiger partial charge in [0.1, 0.15) is 11.9 Å². The average Bonchev–Trinajstić information content (AvgIpc) is 3.35. The van der Waals surface area contributed by atoms with Crippen LogP contribution in [0.25, 0.3) is 22.9 Å². The maximum absolute atomic E-state index is 10.0. The van der Waals surface area contributed by atoms with Gasteiger partial charge in [0.25, 0.3) is 0 Å². The van der Waals surface area contributed by atoms with E-state index in [-0.39, 0.29) is 0 Å². The van der Waals surface area contributed by atoms with Crippen LogP contribution in [-0.4, -0.2) is 32.8 Å². The third-order valence-corrected chi connectivity index (χ3v) is 7.13. The summed E-state index contributed by atoms with van der Waals surface area (Å²) in [4.78, 5) is 8.41. The SMILES string of the molecule is N#C/C(=C/c1sc(N2CCCCC2)nc1-c1ccccc1)c1nnc2n1CCCCC2. The van der Waals surface area contributed by atoms with Crippen molar-refractivity contribution < 1.29 is 0 Å². The molecule has 2 aliphatic rings. The van der Waals surface area contributed by atoms with Crippen molar-refractivity contribution >= 4 is 28.1 Å². The molecule has 0 amide bonds. The van der Waals surface area contributed by atoms with Crippen LogP contribution in [0.1, 0.15) is 55.1 Å². The zero-order valence-electron chi connectivity index (χ0n) is 17.6. The van der Waals surface area contributed by atoms with Crippen LogP contribution in [-0.2, 0) is 13.0 Å². The number of thiazole rings is 1. The molecule has 1 fully saturated rings. The lowest BCUT2D eigenvalue weighted by Gasteiger charge is -2.25. The topological polar surface area (TPSA) is 70.6 Å². The van der Waals surface area contributed by atoms with Gasteiger partial charge in [-0.25, -0.2) is 4.98 Å². The summed E-state index contributed by atoms with van der Waals surface area (Å²) in [6.07, 6.45) is 10.0. The Morgan fingerprint density at radius 1 is 0.968 bits per heavy atom. The number of nitrogens with zero attached hydrogens (tertiary/aromatic N) is 6. The standard InChI is InChI=1S/C24H26N6S/c25-17-19(23-28-27-21-12-6-2-9-15-30(21)23)16-20-22(18-10-4-1-5-11-18)26-24(31-20)29-13-7-3-8-14-29/h1,4-5,10-11,16H,2-3,6-9,12-15H2/b19-16-. The van der Waals surface area contributed by atoms with E-state index in [0.717, 1.165) is 66.0 Å². The first-order valence-electron chi connectivity index (χ1n) is 11.2.